The lowest BCUT2D eigenvalue weighted by molar-refractivity contribution is -0.180. The highest BCUT2D eigenvalue weighted by Gasteiger charge is 2.43. The van der Waals surface area contributed by atoms with Gasteiger partial charge in [0.15, 0.2) is 0 Å². The van der Waals surface area contributed by atoms with E-state index in [2.05, 4.69) is 10.1 Å². The van der Waals surface area contributed by atoms with E-state index in [-0.39, 0.29) is 18.1 Å². The maximum absolute atomic E-state index is 12.4. The van der Waals surface area contributed by atoms with Gasteiger partial charge in [-0.2, -0.15) is 0 Å². The molecular weight excluding hydrogens is 298 g/mol. The number of hydrogen-bond acceptors (Lipinski definition) is 6. The van der Waals surface area contributed by atoms with Crippen LogP contribution < -0.4 is 0 Å². The summed E-state index contributed by atoms with van der Waals surface area (Å²) in [5, 5.41) is 5.54. The monoisotopic (exact) mass is 321 g/mol. The van der Waals surface area contributed by atoms with Gasteiger partial charge < -0.3 is 9.26 Å². The van der Waals surface area contributed by atoms with E-state index < -0.39 is 0 Å². The summed E-state index contributed by atoms with van der Waals surface area (Å²) >= 11 is 0. The van der Waals surface area contributed by atoms with Gasteiger partial charge >= 0.3 is 0 Å². The highest BCUT2D eigenvalue weighted by Crippen LogP contribution is 2.34. The molecule has 1 aromatic heterocycles. The van der Waals surface area contributed by atoms with Gasteiger partial charge in [0, 0.05) is 19.2 Å². The minimum Gasteiger partial charge on any atom is -0.363 e. The number of amides is 1. The third-order valence-electron chi connectivity index (χ3n) is 4.97. The van der Waals surface area contributed by atoms with Crippen molar-refractivity contribution in [1.29, 1.82) is 0 Å². The SMILES string of the molecule is Cc1cc(CN2CC[C@@H]3C[C@@H](C(=O)N4CCCO4)O[C@H]3C2)no1. The Morgan fingerprint density at radius 3 is 3.09 bits per heavy atom. The van der Waals surface area contributed by atoms with Gasteiger partial charge in [-0.05, 0) is 38.6 Å². The number of ether oxygens (including phenoxy) is 1. The molecule has 0 spiro atoms. The van der Waals surface area contributed by atoms with Crippen LogP contribution in [0.2, 0.25) is 0 Å². The van der Waals surface area contributed by atoms with Crippen LogP contribution in [0.15, 0.2) is 10.6 Å². The number of rotatable bonds is 3. The van der Waals surface area contributed by atoms with Crippen LogP contribution in [0.1, 0.15) is 30.7 Å². The Hall–Kier alpha value is -1.44. The Labute approximate surface area is 135 Å². The number of fused-ring (bicyclic) bond motifs is 1. The van der Waals surface area contributed by atoms with Crippen molar-refractivity contribution >= 4 is 5.91 Å². The first-order chi connectivity index (χ1) is 11.2. The van der Waals surface area contributed by atoms with Crippen LogP contribution in [0, 0.1) is 12.8 Å². The van der Waals surface area contributed by atoms with Crippen molar-refractivity contribution in [2.75, 3.05) is 26.2 Å². The van der Waals surface area contributed by atoms with Gasteiger partial charge in [-0.1, -0.05) is 5.16 Å². The van der Waals surface area contributed by atoms with Crippen molar-refractivity contribution in [3.63, 3.8) is 0 Å². The standard InChI is InChI=1S/C16H23N3O4/c1-11-7-13(17-23-11)9-18-5-3-12-8-14(22-15(12)10-18)16(20)19-4-2-6-21-19/h7,12,14-15H,2-6,8-10H2,1H3/t12-,14+,15+/m1/s1. The quantitative estimate of drug-likeness (QED) is 0.831. The summed E-state index contributed by atoms with van der Waals surface area (Å²) in [5.74, 6) is 1.31. The second-order valence-corrected chi connectivity index (χ2v) is 6.74. The molecule has 0 radical (unpaired) electrons. The lowest BCUT2D eigenvalue weighted by Gasteiger charge is -2.33. The molecule has 0 aromatic carbocycles. The second-order valence-electron chi connectivity index (χ2n) is 6.74. The molecule has 1 aromatic rings. The number of hydroxylamine groups is 2. The molecule has 7 nitrogen and oxygen atoms in total. The Morgan fingerprint density at radius 2 is 2.35 bits per heavy atom. The molecule has 0 aliphatic carbocycles. The molecule has 0 N–H and O–H groups in total. The van der Waals surface area contributed by atoms with E-state index in [9.17, 15) is 4.79 Å². The average molecular weight is 321 g/mol. The number of carbonyl (C=O) groups excluding carboxylic acids is 1. The van der Waals surface area contributed by atoms with E-state index in [0.29, 0.717) is 19.1 Å². The van der Waals surface area contributed by atoms with E-state index in [1.807, 2.05) is 13.0 Å². The van der Waals surface area contributed by atoms with E-state index in [0.717, 1.165) is 50.4 Å². The average Bonchev–Trinajstić information content (AvgIpc) is 3.26. The van der Waals surface area contributed by atoms with Gasteiger partial charge in [-0.25, -0.2) is 5.06 Å². The van der Waals surface area contributed by atoms with E-state index >= 15 is 0 Å². The lowest BCUT2D eigenvalue weighted by atomic mass is 9.91. The third kappa shape index (κ3) is 3.13. The summed E-state index contributed by atoms with van der Waals surface area (Å²) in [5.41, 5.74) is 0.956. The number of likely N-dealkylation sites (tertiary alicyclic amines) is 1. The zero-order valence-electron chi connectivity index (χ0n) is 13.4. The molecule has 3 fully saturated rings. The molecule has 4 heterocycles. The van der Waals surface area contributed by atoms with Crippen LogP contribution in [0.25, 0.3) is 0 Å². The van der Waals surface area contributed by atoms with Crippen LogP contribution in [0.5, 0.6) is 0 Å². The third-order valence-corrected chi connectivity index (χ3v) is 4.97. The number of aryl methyl sites for hydroxylation is 1. The fourth-order valence-electron chi connectivity index (χ4n) is 3.80. The van der Waals surface area contributed by atoms with E-state index in [1.165, 1.54) is 5.06 Å². The highest BCUT2D eigenvalue weighted by atomic mass is 16.7. The topological polar surface area (TPSA) is 68.0 Å². The first-order valence-corrected chi connectivity index (χ1v) is 8.43. The summed E-state index contributed by atoms with van der Waals surface area (Å²) in [7, 11) is 0. The largest absolute Gasteiger partial charge is 0.363 e. The molecule has 23 heavy (non-hydrogen) atoms. The van der Waals surface area contributed by atoms with Gasteiger partial charge in [0.1, 0.15) is 11.9 Å². The van der Waals surface area contributed by atoms with Gasteiger partial charge in [-0.3, -0.25) is 14.5 Å². The summed E-state index contributed by atoms with van der Waals surface area (Å²) in [6.45, 7) is 5.86. The smallest absolute Gasteiger partial charge is 0.275 e. The molecule has 3 aliphatic heterocycles. The van der Waals surface area contributed by atoms with Crippen LogP contribution in [0.3, 0.4) is 0 Å². The van der Waals surface area contributed by atoms with Gasteiger partial charge in [-0.15, -0.1) is 0 Å². The number of hydrogen-bond donors (Lipinski definition) is 0. The van der Waals surface area contributed by atoms with Gasteiger partial charge in [0.05, 0.1) is 24.9 Å². The molecule has 126 valence electrons. The van der Waals surface area contributed by atoms with Crippen LogP contribution in [-0.4, -0.2) is 59.5 Å². The van der Waals surface area contributed by atoms with Crippen LogP contribution in [0.4, 0.5) is 0 Å². The Bertz CT molecular complexity index is 569. The maximum atomic E-state index is 12.4. The molecular formula is C16H23N3O4. The van der Waals surface area contributed by atoms with Crippen molar-refractivity contribution < 1.29 is 18.9 Å². The van der Waals surface area contributed by atoms with Crippen LogP contribution >= 0.6 is 0 Å². The first-order valence-electron chi connectivity index (χ1n) is 8.43. The Kier molecular flexibility index (Phi) is 4.09. The van der Waals surface area contributed by atoms with Gasteiger partial charge in [0.2, 0.25) is 0 Å². The van der Waals surface area contributed by atoms with Crippen LogP contribution in [-0.2, 0) is 20.9 Å². The van der Waals surface area contributed by atoms with Crippen molar-refractivity contribution in [3.8, 4) is 0 Å². The van der Waals surface area contributed by atoms with Crippen molar-refractivity contribution in [2.45, 2.75) is 44.9 Å². The summed E-state index contributed by atoms with van der Waals surface area (Å²) in [6.07, 6.45) is 2.59. The van der Waals surface area contributed by atoms with E-state index in [4.69, 9.17) is 14.1 Å². The van der Waals surface area contributed by atoms with Crippen molar-refractivity contribution in [2.24, 2.45) is 5.92 Å². The fraction of sp³-hybridized carbons (Fsp3) is 0.750. The summed E-state index contributed by atoms with van der Waals surface area (Å²) in [6, 6.07) is 1.97. The summed E-state index contributed by atoms with van der Waals surface area (Å²) in [4.78, 5) is 20.1. The van der Waals surface area contributed by atoms with E-state index in [1.54, 1.807) is 0 Å². The predicted octanol–water partition coefficient (Wildman–Crippen LogP) is 1.13. The van der Waals surface area contributed by atoms with Crippen molar-refractivity contribution in [3.05, 3.63) is 17.5 Å². The first kappa shape index (κ1) is 15.1. The second kappa shape index (κ2) is 6.22. The lowest BCUT2D eigenvalue weighted by Crippen LogP contribution is -2.42. The zero-order chi connectivity index (χ0) is 15.8. The number of carbonyl (C=O) groups is 1. The number of nitrogens with zero attached hydrogens (tertiary/aromatic N) is 3. The minimum absolute atomic E-state index is 0.00410. The maximum Gasteiger partial charge on any atom is 0.275 e. The molecule has 3 atom stereocenters. The minimum atomic E-state index is -0.336. The molecule has 0 saturated carbocycles. The summed E-state index contributed by atoms with van der Waals surface area (Å²) < 4.78 is 11.2. The normalized spacial score (nSPS) is 31.5. The molecule has 4 rings (SSSR count). The molecule has 0 unspecified atom stereocenters. The molecule has 3 aliphatic rings. The zero-order valence-corrected chi connectivity index (χ0v) is 13.4. The molecule has 0 bridgehead atoms. The number of aromatic nitrogens is 1. The Balaban J connectivity index is 1.34. The Morgan fingerprint density at radius 1 is 1.43 bits per heavy atom. The molecule has 7 heteroatoms. The molecule has 1 amide bonds. The predicted molar refractivity (Wildman–Crippen MR) is 80.2 cm³/mol. The van der Waals surface area contributed by atoms with Crippen molar-refractivity contribution in [1.82, 2.24) is 15.1 Å². The number of piperidine rings is 1. The fourth-order valence-corrected chi connectivity index (χ4v) is 3.80. The van der Waals surface area contributed by atoms with Gasteiger partial charge in [0.25, 0.3) is 5.91 Å². The molecule has 3 saturated heterocycles. The highest BCUT2D eigenvalue weighted by molar-refractivity contribution is 5.80.